The third-order valence-electron chi connectivity index (χ3n) is 24.9. The molecule has 0 radical (unpaired) electrons. The second kappa shape index (κ2) is 35.6. The van der Waals surface area contributed by atoms with Crippen LogP contribution in [0.25, 0.3) is 0 Å². The van der Waals surface area contributed by atoms with Crippen LogP contribution in [0.4, 0.5) is 0 Å². The predicted molar refractivity (Wildman–Crippen MR) is 455 cm³/mol. The highest BCUT2D eigenvalue weighted by Gasteiger charge is 2.53. The van der Waals surface area contributed by atoms with Crippen molar-refractivity contribution in [3.8, 4) is 28.7 Å². The highest BCUT2D eigenvalue weighted by atomic mass is 16.3. The molecule has 6 unspecified atom stereocenters. The zero-order valence-corrected chi connectivity index (χ0v) is 69.5. The lowest BCUT2D eigenvalue weighted by molar-refractivity contribution is -0.00622. The number of hydrogen-bond acceptors (Lipinski definition) is 5. The van der Waals surface area contributed by atoms with Gasteiger partial charge in [-0.25, -0.2) is 0 Å². The van der Waals surface area contributed by atoms with E-state index in [1.54, 1.807) is 0 Å². The standard InChI is InChI=1S/C22H30O.C21H30O.C21H26O.2C19H24O/c1-15(16-11-9-8-10-12-16)18-13-17(21(2,3)4)14-19(20(18)23)22(5,6)7;1-4-14(3)18-5-13(2)6-19(20(18)22)21-10-15-7-16(11-21)9-17(8-15)12-21;1-15-13-19(16(2)17-9-5-3-6-10-17)21(22)20(14-15)18-11-7-4-8-12-18;1-13-11-16(19(3,4)5)12-17(18(13)20)14(2)15-9-7-6-8-10-15;1-5-14(3)17-11-13(2)12-18(19(17)20)15(4)16-9-7-6-8-10-16/h8-15,23H,1-7H3;5-6,14-17,22H,4,7-12H2,1-3H3;3,5-6,9-10,13-14,16,18,22H,4,7-8,11-12H2,1-2H3;6-12,14,20H,1-5H3;6-12,14-15,20H,5H2,1-4H3. The molecule has 0 amide bonds. The van der Waals surface area contributed by atoms with E-state index >= 15 is 0 Å². The van der Waals surface area contributed by atoms with E-state index in [2.05, 4.69) is 272 Å². The maximum atomic E-state index is 11.1. The van der Waals surface area contributed by atoms with Gasteiger partial charge in [-0.2, -0.15) is 0 Å². The quantitative estimate of drug-likeness (QED) is 0.0747. The summed E-state index contributed by atoms with van der Waals surface area (Å²) in [5.41, 5.74) is 22.5. The molecule has 0 spiro atoms. The smallest absolute Gasteiger partial charge is 0.123 e. The van der Waals surface area contributed by atoms with Crippen molar-refractivity contribution in [1.82, 2.24) is 0 Å². The molecule has 0 aliphatic heterocycles. The lowest BCUT2D eigenvalue weighted by atomic mass is 9.48. The van der Waals surface area contributed by atoms with Crippen LogP contribution in [-0.2, 0) is 21.7 Å². The van der Waals surface area contributed by atoms with Gasteiger partial charge in [-0.1, -0.05) is 336 Å². The second-order valence-electron chi connectivity index (χ2n) is 36.5. The summed E-state index contributed by atoms with van der Waals surface area (Å²) in [5, 5.41) is 54.0. The van der Waals surface area contributed by atoms with Crippen molar-refractivity contribution >= 4 is 0 Å². The third-order valence-corrected chi connectivity index (χ3v) is 24.9. The van der Waals surface area contributed by atoms with E-state index in [1.165, 1.54) is 137 Å². The Morgan fingerprint density at radius 3 is 1.07 bits per heavy atom. The minimum atomic E-state index is -0.0868. The molecule has 572 valence electrons. The minimum Gasteiger partial charge on any atom is -0.507 e. The van der Waals surface area contributed by atoms with Gasteiger partial charge in [0.25, 0.3) is 0 Å². The van der Waals surface area contributed by atoms with Crippen LogP contribution in [-0.4, -0.2) is 25.5 Å². The normalized spacial score (nSPS) is 19.4. The van der Waals surface area contributed by atoms with Crippen LogP contribution in [0.15, 0.2) is 182 Å². The molecule has 5 nitrogen and oxygen atoms in total. The first-order valence-corrected chi connectivity index (χ1v) is 41.0. The van der Waals surface area contributed by atoms with Crippen molar-refractivity contribution < 1.29 is 25.5 Å². The van der Waals surface area contributed by atoms with Gasteiger partial charge in [-0.3, -0.25) is 0 Å². The van der Waals surface area contributed by atoms with Crippen LogP contribution in [0.2, 0.25) is 0 Å². The largest absolute Gasteiger partial charge is 0.507 e. The van der Waals surface area contributed by atoms with Crippen molar-refractivity contribution in [2.24, 2.45) is 17.8 Å². The van der Waals surface area contributed by atoms with Crippen molar-refractivity contribution in [2.75, 3.05) is 0 Å². The Hall–Kier alpha value is -8.02. The van der Waals surface area contributed by atoms with Crippen LogP contribution in [0.3, 0.4) is 0 Å². The highest BCUT2D eigenvalue weighted by Crippen LogP contribution is 2.62. The Morgan fingerprint density at radius 1 is 0.355 bits per heavy atom. The molecule has 9 aromatic rings. The Bertz CT molecular complexity index is 4310. The Balaban J connectivity index is 0.000000155. The maximum Gasteiger partial charge on any atom is 0.123 e. The molecule has 5 heteroatoms. The number of phenolic OH excluding ortho intramolecular Hbond substituents is 5. The van der Waals surface area contributed by atoms with Crippen LogP contribution in [0.1, 0.15) is 348 Å². The van der Waals surface area contributed by atoms with E-state index in [-0.39, 0.29) is 39.9 Å². The van der Waals surface area contributed by atoms with E-state index in [1.807, 2.05) is 55.5 Å². The number of hydrogen-bond donors (Lipinski definition) is 5. The third kappa shape index (κ3) is 20.3. The highest BCUT2D eigenvalue weighted by molar-refractivity contribution is 5.55. The molecule has 6 atom stereocenters. The van der Waals surface area contributed by atoms with Crippen LogP contribution < -0.4 is 0 Å². The number of rotatable bonds is 14. The molecule has 14 rings (SSSR count). The molecule has 107 heavy (non-hydrogen) atoms. The Morgan fingerprint density at radius 2 is 0.692 bits per heavy atom. The molecule has 0 heterocycles. The zero-order valence-electron chi connectivity index (χ0n) is 69.5. The summed E-state index contributed by atoms with van der Waals surface area (Å²) in [6.45, 7) is 45.7. The van der Waals surface area contributed by atoms with E-state index in [0.717, 1.165) is 69.5 Å². The Kier molecular flexibility index (Phi) is 27.6. The summed E-state index contributed by atoms with van der Waals surface area (Å²) in [7, 11) is 0. The zero-order chi connectivity index (χ0) is 78.0. The molecule has 5 saturated carbocycles. The lowest BCUT2D eigenvalue weighted by Crippen LogP contribution is -2.48. The molecule has 4 bridgehead atoms. The van der Waals surface area contributed by atoms with Crippen LogP contribution in [0.5, 0.6) is 28.7 Å². The van der Waals surface area contributed by atoms with Crippen LogP contribution >= 0.6 is 0 Å². The summed E-state index contributed by atoms with van der Waals surface area (Å²) in [6, 6.07) is 63.3. The van der Waals surface area contributed by atoms with Gasteiger partial charge in [0.1, 0.15) is 28.7 Å². The molecule has 5 N–H and O–H groups in total. The summed E-state index contributed by atoms with van der Waals surface area (Å²) in [4.78, 5) is 0. The van der Waals surface area contributed by atoms with Gasteiger partial charge in [-0.15, -0.1) is 0 Å². The topological polar surface area (TPSA) is 101 Å². The Labute approximate surface area is 647 Å². The fourth-order valence-electron chi connectivity index (χ4n) is 18.1. The van der Waals surface area contributed by atoms with Crippen molar-refractivity contribution in [3.05, 3.63) is 288 Å². The molecule has 5 aliphatic carbocycles. The van der Waals surface area contributed by atoms with Crippen LogP contribution in [0, 0.1) is 45.4 Å². The average Bonchev–Trinajstić information content (AvgIpc) is 0.725. The van der Waals surface area contributed by atoms with Crippen molar-refractivity contribution in [1.29, 1.82) is 0 Å². The summed E-state index contributed by atoms with van der Waals surface area (Å²) < 4.78 is 0. The fraction of sp³-hybridized carbons (Fsp3) is 0.471. The van der Waals surface area contributed by atoms with E-state index in [9.17, 15) is 25.5 Å². The van der Waals surface area contributed by atoms with Gasteiger partial charge in [0.05, 0.1) is 0 Å². The number of benzene rings is 9. The van der Waals surface area contributed by atoms with Gasteiger partial charge in [-0.05, 0) is 210 Å². The molecular formula is C102H134O5. The second-order valence-corrected chi connectivity index (χ2v) is 36.5. The first-order valence-electron chi connectivity index (χ1n) is 41.0. The van der Waals surface area contributed by atoms with Crippen molar-refractivity contribution in [3.63, 3.8) is 0 Å². The van der Waals surface area contributed by atoms with E-state index < -0.39 is 0 Å². The van der Waals surface area contributed by atoms with Crippen molar-refractivity contribution in [2.45, 2.75) is 292 Å². The number of aromatic hydroxyl groups is 5. The minimum absolute atomic E-state index is 0.0544. The van der Waals surface area contributed by atoms with E-state index in [4.69, 9.17) is 0 Å². The van der Waals surface area contributed by atoms with Gasteiger partial charge in [0.2, 0.25) is 0 Å². The van der Waals surface area contributed by atoms with Gasteiger partial charge < -0.3 is 25.5 Å². The number of phenols is 5. The molecule has 5 fully saturated rings. The molecule has 0 aromatic heterocycles. The monoisotopic (exact) mass is 1440 g/mol. The average molecular weight is 1440 g/mol. The fourth-order valence-corrected chi connectivity index (χ4v) is 18.1. The number of aryl methyl sites for hydroxylation is 4. The predicted octanol–water partition coefficient (Wildman–Crippen LogP) is 28.2. The molecule has 5 aliphatic rings. The van der Waals surface area contributed by atoms with E-state index in [0.29, 0.717) is 51.9 Å². The summed E-state index contributed by atoms with van der Waals surface area (Å²) >= 11 is 0. The maximum absolute atomic E-state index is 11.1. The molecule has 9 aromatic carbocycles. The van der Waals surface area contributed by atoms with Gasteiger partial charge >= 0.3 is 0 Å². The SMILES string of the molecule is CC(c1ccccc1)c1cc(C(C)(C)C)cc(C(C)(C)C)c1O.CCC(C)c1cc(C)cc(C(C)c2ccccc2)c1O.CCC(C)c1cc(C)cc(C23CC4CC(CC(C4)C2)C3)c1O.Cc1cc(C(C)(C)C)cc(C(C)c2ccccc2)c1O.Cc1cc(C2CCCCC2)c(O)c(C(C)c2ccccc2)c1. The first-order chi connectivity index (χ1) is 50.5. The summed E-state index contributed by atoms with van der Waals surface area (Å²) in [5.74, 6) is 7.47. The first kappa shape index (κ1) is 83.0. The van der Waals surface area contributed by atoms with Gasteiger partial charge in [0, 0.05) is 51.5 Å². The molecular weight excluding hydrogens is 1310 g/mol. The molecule has 0 saturated heterocycles. The summed E-state index contributed by atoms with van der Waals surface area (Å²) in [6.07, 6.45) is 16.9. The van der Waals surface area contributed by atoms with Gasteiger partial charge in [0.15, 0.2) is 0 Å². The lowest BCUT2D eigenvalue weighted by Gasteiger charge is -2.57.